The largest absolute Gasteiger partial charge is 0.313 e. The summed E-state index contributed by atoms with van der Waals surface area (Å²) in [5, 5.41) is 4.20. The van der Waals surface area contributed by atoms with Crippen molar-refractivity contribution < 1.29 is 0 Å². The normalized spacial score (nSPS) is 12.6. The number of rotatable bonds is 7. The lowest BCUT2D eigenvalue weighted by Crippen LogP contribution is -2.25. The van der Waals surface area contributed by atoms with Gasteiger partial charge in [0.2, 0.25) is 0 Å². The Hall–Kier alpha value is -1.35. The van der Waals surface area contributed by atoms with Crippen LogP contribution in [0.1, 0.15) is 23.6 Å². The second kappa shape index (κ2) is 8.18. The van der Waals surface area contributed by atoms with Gasteiger partial charge in [-0.3, -0.25) is 0 Å². The quantitative estimate of drug-likeness (QED) is 0.827. The lowest BCUT2D eigenvalue weighted by Gasteiger charge is -2.22. The molecular formula is C18H23ClN2. The third kappa shape index (κ3) is 5.16. The van der Waals surface area contributed by atoms with Gasteiger partial charge < -0.3 is 10.2 Å². The molecule has 3 heteroatoms. The Labute approximate surface area is 132 Å². The zero-order valence-corrected chi connectivity index (χ0v) is 13.5. The first-order valence-electron chi connectivity index (χ1n) is 7.34. The van der Waals surface area contributed by atoms with Crippen molar-refractivity contribution in [2.45, 2.75) is 19.0 Å². The molecule has 2 rings (SSSR count). The van der Waals surface area contributed by atoms with E-state index in [2.05, 4.69) is 53.7 Å². The number of hydrogen-bond donors (Lipinski definition) is 1. The Morgan fingerprint density at radius 2 is 1.86 bits per heavy atom. The van der Waals surface area contributed by atoms with Gasteiger partial charge in [-0.2, -0.15) is 0 Å². The Morgan fingerprint density at radius 3 is 2.52 bits per heavy atom. The minimum atomic E-state index is 0.396. The topological polar surface area (TPSA) is 15.3 Å². The van der Waals surface area contributed by atoms with Crippen molar-refractivity contribution in [3.63, 3.8) is 0 Å². The Balaban J connectivity index is 1.86. The highest BCUT2D eigenvalue weighted by molar-refractivity contribution is 6.30. The molecule has 0 aliphatic heterocycles. The van der Waals surface area contributed by atoms with E-state index in [-0.39, 0.29) is 0 Å². The lowest BCUT2D eigenvalue weighted by molar-refractivity contribution is 0.304. The van der Waals surface area contributed by atoms with Gasteiger partial charge in [-0.1, -0.05) is 54.1 Å². The standard InChI is InChI=1S/C18H23ClN2/c1-20-18(16-8-4-3-5-9-16)11-12-21(2)14-15-7-6-10-17(19)13-15/h3-10,13,18,20H,11-12,14H2,1-2H3. The van der Waals surface area contributed by atoms with Gasteiger partial charge in [-0.15, -0.1) is 0 Å². The second-order valence-electron chi connectivity index (χ2n) is 5.41. The molecule has 2 nitrogen and oxygen atoms in total. The van der Waals surface area contributed by atoms with Crippen molar-refractivity contribution in [2.75, 3.05) is 20.6 Å². The molecule has 0 heterocycles. The molecular weight excluding hydrogens is 280 g/mol. The van der Waals surface area contributed by atoms with E-state index in [0.717, 1.165) is 24.5 Å². The number of benzene rings is 2. The summed E-state index contributed by atoms with van der Waals surface area (Å²) in [6.45, 7) is 1.96. The van der Waals surface area contributed by atoms with Gasteiger partial charge in [0.25, 0.3) is 0 Å². The smallest absolute Gasteiger partial charge is 0.0409 e. The Kier molecular flexibility index (Phi) is 6.24. The van der Waals surface area contributed by atoms with Crippen LogP contribution in [-0.4, -0.2) is 25.5 Å². The summed E-state index contributed by atoms with van der Waals surface area (Å²) in [4.78, 5) is 2.33. The van der Waals surface area contributed by atoms with Crippen LogP contribution in [0.15, 0.2) is 54.6 Å². The molecule has 0 saturated carbocycles. The molecule has 0 aliphatic rings. The van der Waals surface area contributed by atoms with Crippen molar-refractivity contribution in [3.05, 3.63) is 70.7 Å². The molecule has 1 atom stereocenters. The monoisotopic (exact) mass is 302 g/mol. The Morgan fingerprint density at radius 1 is 1.10 bits per heavy atom. The molecule has 112 valence electrons. The Bertz CT molecular complexity index is 542. The van der Waals surface area contributed by atoms with E-state index in [4.69, 9.17) is 11.6 Å². The van der Waals surface area contributed by atoms with Crippen LogP contribution in [0.4, 0.5) is 0 Å². The van der Waals surface area contributed by atoms with Gasteiger partial charge in [-0.25, -0.2) is 0 Å². The van der Waals surface area contributed by atoms with Crippen molar-refractivity contribution >= 4 is 11.6 Å². The van der Waals surface area contributed by atoms with E-state index < -0.39 is 0 Å². The molecule has 1 N–H and O–H groups in total. The summed E-state index contributed by atoms with van der Waals surface area (Å²) in [7, 11) is 4.17. The van der Waals surface area contributed by atoms with E-state index in [9.17, 15) is 0 Å². The predicted octanol–water partition coefficient (Wildman–Crippen LogP) is 4.12. The third-order valence-electron chi connectivity index (χ3n) is 3.69. The van der Waals surface area contributed by atoms with Gasteiger partial charge in [0.05, 0.1) is 0 Å². The second-order valence-corrected chi connectivity index (χ2v) is 5.84. The maximum absolute atomic E-state index is 6.03. The van der Waals surface area contributed by atoms with Gasteiger partial charge in [-0.05, 0) is 50.3 Å². The van der Waals surface area contributed by atoms with Gasteiger partial charge in [0.1, 0.15) is 0 Å². The average molecular weight is 303 g/mol. The number of nitrogens with zero attached hydrogens (tertiary/aromatic N) is 1. The first-order valence-corrected chi connectivity index (χ1v) is 7.72. The van der Waals surface area contributed by atoms with Crippen LogP contribution in [0, 0.1) is 0 Å². The highest BCUT2D eigenvalue weighted by Gasteiger charge is 2.10. The number of halogens is 1. The van der Waals surface area contributed by atoms with E-state index in [0.29, 0.717) is 6.04 Å². The first kappa shape index (κ1) is 16.0. The van der Waals surface area contributed by atoms with Gasteiger partial charge in [0, 0.05) is 17.6 Å². The van der Waals surface area contributed by atoms with E-state index in [1.165, 1.54) is 11.1 Å². The summed E-state index contributed by atoms with van der Waals surface area (Å²) < 4.78 is 0. The third-order valence-corrected chi connectivity index (χ3v) is 3.93. The molecule has 0 spiro atoms. The fourth-order valence-corrected chi connectivity index (χ4v) is 2.75. The number of hydrogen-bond acceptors (Lipinski definition) is 2. The molecule has 0 fully saturated rings. The molecule has 0 radical (unpaired) electrons. The van der Waals surface area contributed by atoms with Crippen molar-refractivity contribution in [1.29, 1.82) is 0 Å². The minimum Gasteiger partial charge on any atom is -0.313 e. The molecule has 2 aromatic carbocycles. The summed E-state index contributed by atoms with van der Waals surface area (Å²) >= 11 is 6.03. The van der Waals surface area contributed by atoms with Gasteiger partial charge in [0.15, 0.2) is 0 Å². The van der Waals surface area contributed by atoms with Crippen molar-refractivity contribution in [2.24, 2.45) is 0 Å². The maximum atomic E-state index is 6.03. The molecule has 21 heavy (non-hydrogen) atoms. The number of nitrogens with one attached hydrogen (secondary N) is 1. The molecule has 0 bridgehead atoms. The van der Waals surface area contributed by atoms with Crippen LogP contribution in [0.5, 0.6) is 0 Å². The summed E-state index contributed by atoms with van der Waals surface area (Å²) in [6.07, 6.45) is 1.08. The summed E-state index contributed by atoms with van der Waals surface area (Å²) in [5.41, 5.74) is 2.60. The fraction of sp³-hybridized carbons (Fsp3) is 0.333. The van der Waals surface area contributed by atoms with Gasteiger partial charge >= 0.3 is 0 Å². The molecule has 0 amide bonds. The molecule has 0 saturated heterocycles. The highest BCUT2D eigenvalue weighted by atomic mass is 35.5. The molecule has 0 aliphatic carbocycles. The van der Waals surface area contributed by atoms with Crippen LogP contribution in [0.25, 0.3) is 0 Å². The van der Waals surface area contributed by atoms with E-state index in [1.54, 1.807) is 0 Å². The highest BCUT2D eigenvalue weighted by Crippen LogP contribution is 2.17. The summed E-state index contributed by atoms with van der Waals surface area (Å²) in [5.74, 6) is 0. The van der Waals surface area contributed by atoms with E-state index >= 15 is 0 Å². The van der Waals surface area contributed by atoms with Crippen LogP contribution >= 0.6 is 11.6 Å². The zero-order valence-electron chi connectivity index (χ0n) is 12.7. The molecule has 2 aromatic rings. The maximum Gasteiger partial charge on any atom is 0.0409 e. The average Bonchev–Trinajstić information content (AvgIpc) is 2.49. The molecule has 0 aromatic heterocycles. The minimum absolute atomic E-state index is 0.396. The van der Waals surface area contributed by atoms with Crippen LogP contribution in [0.3, 0.4) is 0 Å². The SMILES string of the molecule is CNC(CCN(C)Cc1cccc(Cl)c1)c1ccccc1. The fourth-order valence-electron chi connectivity index (χ4n) is 2.54. The lowest BCUT2D eigenvalue weighted by atomic mass is 10.0. The van der Waals surface area contributed by atoms with Crippen molar-refractivity contribution in [3.8, 4) is 0 Å². The zero-order chi connectivity index (χ0) is 15.1. The van der Waals surface area contributed by atoms with Crippen molar-refractivity contribution in [1.82, 2.24) is 10.2 Å². The van der Waals surface area contributed by atoms with Crippen LogP contribution in [0.2, 0.25) is 5.02 Å². The summed E-state index contributed by atoms with van der Waals surface area (Å²) in [6, 6.07) is 19.1. The van der Waals surface area contributed by atoms with E-state index in [1.807, 2.05) is 25.2 Å². The van der Waals surface area contributed by atoms with Crippen LogP contribution < -0.4 is 5.32 Å². The van der Waals surface area contributed by atoms with Crippen LogP contribution in [-0.2, 0) is 6.54 Å². The molecule has 1 unspecified atom stereocenters. The predicted molar refractivity (Wildman–Crippen MR) is 90.6 cm³/mol. The first-order chi connectivity index (χ1) is 10.2.